The molecular formula is C12H7Br2N3O3S. The summed E-state index contributed by atoms with van der Waals surface area (Å²) in [4.78, 5) is 15.7. The lowest BCUT2D eigenvalue weighted by atomic mass is 10.3. The zero-order chi connectivity index (χ0) is 15.0. The molecule has 0 aliphatic heterocycles. The first-order valence-corrected chi connectivity index (χ1v) is 8.52. The molecule has 0 atom stereocenters. The molecule has 0 saturated heterocycles. The number of imidazole rings is 1. The highest BCUT2D eigenvalue weighted by atomic mass is 79.9. The number of thiazole rings is 1. The topological polar surface area (TPSA) is 69.7 Å². The van der Waals surface area contributed by atoms with Gasteiger partial charge in [-0.3, -0.25) is 14.5 Å². The van der Waals surface area contributed by atoms with E-state index in [2.05, 4.69) is 36.8 Å². The Balaban J connectivity index is 2.04. The van der Waals surface area contributed by atoms with Crippen molar-refractivity contribution >= 4 is 53.8 Å². The van der Waals surface area contributed by atoms with Crippen LogP contribution in [0.2, 0.25) is 0 Å². The van der Waals surface area contributed by atoms with Crippen molar-refractivity contribution in [3.8, 4) is 11.6 Å². The van der Waals surface area contributed by atoms with Crippen LogP contribution in [0.15, 0.2) is 34.2 Å². The fraction of sp³-hybridized carbons (Fsp3) is 0.0833. The highest BCUT2D eigenvalue weighted by Gasteiger charge is 2.19. The molecule has 2 heterocycles. The lowest BCUT2D eigenvalue weighted by Gasteiger charge is -2.06. The van der Waals surface area contributed by atoms with Gasteiger partial charge in [-0.15, -0.1) is 11.3 Å². The molecule has 0 bridgehead atoms. The largest absolute Gasteiger partial charge is 0.436 e. The molecule has 3 aromatic rings. The number of nitrogens with zero attached hydrogens (tertiary/aromatic N) is 3. The van der Waals surface area contributed by atoms with Crippen molar-refractivity contribution in [3.63, 3.8) is 0 Å². The van der Waals surface area contributed by atoms with Gasteiger partial charge in [0, 0.05) is 23.0 Å². The third kappa shape index (κ3) is 2.56. The van der Waals surface area contributed by atoms with E-state index in [9.17, 15) is 10.1 Å². The highest BCUT2D eigenvalue weighted by Crippen LogP contribution is 2.37. The number of alkyl halides is 1. The number of hydrogen-bond acceptors (Lipinski definition) is 5. The van der Waals surface area contributed by atoms with Gasteiger partial charge < -0.3 is 4.74 Å². The first kappa shape index (κ1) is 14.5. The average Bonchev–Trinajstić information content (AvgIpc) is 3.01. The van der Waals surface area contributed by atoms with E-state index in [1.807, 2.05) is 16.0 Å². The van der Waals surface area contributed by atoms with Gasteiger partial charge in [-0.05, 0) is 22.0 Å². The number of halogens is 2. The Bertz CT molecular complexity index is 830. The lowest BCUT2D eigenvalue weighted by molar-refractivity contribution is -0.385. The van der Waals surface area contributed by atoms with Crippen molar-refractivity contribution in [2.45, 2.75) is 5.33 Å². The summed E-state index contributed by atoms with van der Waals surface area (Å²) in [5.41, 5.74) is 0.804. The number of rotatable bonds is 4. The van der Waals surface area contributed by atoms with Crippen LogP contribution in [-0.2, 0) is 5.33 Å². The number of aromatic nitrogens is 2. The number of ether oxygens (including phenoxy) is 1. The second-order valence-corrected chi connectivity index (χ2v) is 6.23. The summed E-state index contributed by atoms with van der Waals surface area (Å²) >= 11 is 8.11. The average molecular weight is 433 g/mol. The summed E-state index contributed by atoms with van der Waals surface area (Å²) in [5.74, 6) is 0.789. The Morgan fingerprint density at radius 2 is 2.29 bits per heavy atom. The second kappa shape index (κ2) is 5.74. The molecule has 0 spiro atoms. The molecule has 6 nitrogen and oxygen atoms in total. The Labute approximate surface area is 139 Å². The number of nitro benzene ring substituents is 1. The number of fused-ring (bicyclic) bond motifs is 1. The van der Waals surface area contributed by atoms with Crippen LogP contribution in [0.5, 0.6) is 11.6 Å². The number of benzene rings is 1. The molecule has 0 radical (unpaired) electrons. The summed E-state index contributed by atoms with van der Waals surface area (Å²) in [6.45, 7) is 0. The van der Waals surface area contributed by atoms with Gasteiger partial charge in [-0.1, -0.05) is 22.0 Å². The smallest absolute Gasteiger partial charge is 0.287 e. The fourth-order valence-electron chi connectivity index (χ4n) is 1.84. The molecule has 0 fully saturated rings. The lowest BCUT2D eigenvalue weighted by Crippen LogP contribution is -1.94. The summed E-state index contributed by atoms with van der Waals surface area (Å²) in [7, 11) is 0. The van der Waals surface area contributed by atoms with Gasteiger partial charge >= 0.3 is 0 Å². The van der Waals surface area contributed by atoms with E-state index < -0.39 is 4.92 Å². The maximum absolute atomic E-state index is 10.9. The van der Waals surface area contributed by atoms with Crippen molar-refractivity contribution in [2.75, 3.05) is 0 Å². The van der Waals surface area contributed by atoms with E-state index in [-0.39, 0.29) is 5.69 Å². The molecular weight excluding hydrogens is 426 g/mol. The predicted octanol–water partition coefficient (Wildman–Crippen LogP) is 4.75. The Morgan fingerprint density at radius 3 is 3.00 bits per heavy atom. The van der Waals surface area contributed by atoms with E-state index in [1.54, 1.807) is 12.1 Å². The van der Waals surface area contributed by atoms with Gasteiger partial charge in [0.25, 0.3) is 5.69 Å². The zero-order valence-corrected chi connectivity index (χ0v) is 14.3. The number of hydrogen-bond donors (Lipinski definition) is 0. The predicted molar refractivity (Wildman–Crippen MR) is 86.6 cm³/mol. The maximum atomic E-state index is 10.9. The molecule has 108 valence electrons. The van der Waals surface area contributed by atoms with Crippen molar-refractivity contribution in [1.82, 2.24) is 9.38 Å². The monoisotopic (exact) mass is 431 g/mol. The summed E-state index contributed by atoms with van der Waals surface area (Å²) in [6.07, 6.45) is 1.90. The van der Waals surface area contributed by atoms with E-state index in [4.69, 9.17) is 4.74 Å². The van der Waals surface area contributed by atoms with Crippen molar-refractivity contribution in [3.05, 3.63) is 50.1 Å². The molecule has 0 N–H and O–H groups in total. The summed E-state index contributed by atoms with van der Waals surface area (Å²) < 4.78 is 7.97. The van der Waals surface area contributed by atoms with E-state index in [0.717, 1.165) is 10.7 Å². The van der Waals surface area contributed by atoms with Crippen LogP contribution in [0, 0.1) is 10.1 Å². The van der Waals surface area contributed by atoms with Gasteiger partial charge in [0.15, 0.2) is 10.7 Å². The Morgan fingerprint density at radius 1 is 1.48 bits per heavy atom. The minimum absolute atomic E-state index is 0.0473. The van der Waals surface area contributed by atoms with Crippen LogP contribution in [0.25, 0.3) is 4.96 Å². The quantitative estimate of drug-likeness (QED) is 0.338. The molecule has 0 aliphatic rings. The standard InChI is InChI=1S/C12H7Br2N3O3S/c13-6-8-11(15-12-16(8)4-5-21-12)20-9-3-1-2-7(10(9)14)17(18)19/h1-5H,6H2. The van der Waals surface area contributed by atoms with E-state index in [0.29, 0.717) is 21.4 Å². The molecule has 3 rings (SSSR count). The van der Waals surface area contributed by atoms with Gasteiger partial charge in [0.1, 0.15) is 4.47 Å². The first-order valence-electron chi connectivity index (χ1n) is 5.73. The van der Waals surface area contributed by atoms with Crippen molar-refractivity contribution in [1.29, 1.82) is 0 Å². The van der Waals surface area contributed by atoms with Crippen LogP contribution in [0.1, 0.15) is 5.69 Å². The molecule has 0 aliphatic carbocycles. The van der Waals surface area contributed by atoms with Crippen LogP contribution in [0.3, 0.4) is 0 Å². The molecule has 0 saturated carbocycles. The first-order chi connectivity index (χ1) is 10.1. The minimum atomic E-state index is -0.464. The van der Waals surface area contributed by atoms with Gasteiger partial charge in [-0.25, -0.2) is 0 Å². The molecule has 1 aromatic carbocycles. The van der Waals surface area contributed by atoms with Crippen molar-refractivity contribution in [2.24, 2.45) is 0 Å². The normalized spacial score (nSPS) is 11.0. The molecule has 0 amide bonds. The minimum Gasteiger partial charge on any atom is -0.436 e. The summed E-state index contributed by atoms with van der Waals surface area (Å²) in [5, 5.41) is 13.4. The molecule has 0 unspecified atom stereocenters. The second-order valence-electron chi connectivity index (χ2n) is 4.00. The Hall–Kier alpha value is -1.45. The van der Waals surface area contributed by atoms with Crippen LogP contribution in [-0.4, -0.2) is 14.3 Å². The van der Waals surface area contributed by atoms with Gasteiger partial charge in [0.05, 0.1) is 10.6 Å². The van der Waals surface area contributed by atoms with E-state index in [1.165, 1.54) is 17.4 Å². The van der Waals surface area contributed by atoms with Gasteiger partial charge in [-0.2, -0.15) is 4.98 Å². The van der Waals surface area contributed by atoms with Gasteiger partial charge in [0.2, 0.25) is 5.88 Å². The summed E-state index contributed by atoms with van der Waals surface area (Å²) in [6, 6.07) is 4.64. The molecule has 21 heavy (non-hydrogen) atoms. The van der Waals surface area contributed by atoms with E-state index >= 15 is 0 Å². The van der Waals surface area contributed by atoms with Crippen LogP contribution < -0.4 is 4.74 Å². The number of nitro groups is 1. The third-order valence-electron chi connectivity index (χ3n) is 2.80. The highest BCUT2D eigenvalue weighted by molar-refractivity contribution is 9.10. The van der Waals surface area contributed by atoms with Crippen LogP contribution >= 0.6 is 43.2 Å². The molecule has 9 heteroatoms. The van der Waals surface area contributed by atoms with Crippen molar-refractivity contribution < 1.29 is 9.66 Å². The zero-order valence-electron chi connectivity index (χ0n) is 10.3. The fourth-order valence-corrected chi connectivity index (χ4v) is 3.56. The Kier molecular flexibility index (Phi) is 3.96. The molecule has 2 aromatic heterocycles. The van der Waals surface area contributed by atoms with Crippen LogP contribution in [0.4, 0.5) is 5.69 Å². The maximum Gasteiger partial charge on any atom is 0.287 e. The SMILES string of the molecule is O=[N+]([O-])c1cccc(Oc2nc3sccn3c2CBr)c1Br. The third-order valence-corrected chi connectivity index (χ3v) is 4.88.